The second-order valence-electron chi connectivity index (χ2n) is 7.98. The van der Waals surface area contributed by atoms with E-state index in [2.05, 4.69) is 5.32 Å². The number of halogens is 3. The summed E-state index contributed by atoms with van der Waals surface area (Å²) in [7, 11) is 0. The molecule has 32 heavy (non-hydrogen) atoms. The van der Waals surface area contributed by atoms with Crippen LogP contribution in [0.2, 0.25) is 0 Å². The van der Waals surface area contributed by atoms with Gasteiger partial charge in [-0.05, 0) is 20.3 Å². The second-order valence-corrected chi connectivity index (χ2v) is 7.98. The second kappa shape index (κ2) is 7.85. The molecule has 0 saturated carbocycles. The third-order valence-corrected chi connectivity index (χ3v) is 6.09. The van der Waals surface area contributed by atoms with Crippen LogP contribution >= 0.6 is 0 Å². The van der Waals surface area contributed by atoms with Gasteiger partial charge in [0.25, 0.3) is 11.8 Å². The Bertz CT molecular complexity index is 1210. The lowest BCUT2D eigenvalue weighted by Crippen LogP contribution is -2.48. The topological polar surface area (TPSA) is 91.6 Å². The molecule has 0 fully saturated rings. The first-order valence-electron chi connectivity index (χ1n) is 9.97. The van der Waals surface area contributed by atoms with Crippen LogP contribution in [0.3, 0.4) is 0 Å². The van der Waals surface area contributed by atoms with Gasteiger partial charge in [0.1, 0.15) is 23.0 Å². The minimum Gasteiger partial charge on any atom is -0.503 e. The van der Waals surface area contributed by atoms with Crippen LogP contribution < -0.4 is 10.7 Å². The molecule has 4 rings (SSSR count). The van der Waals surface area contributed by atoms with Crippen molar-refractivity contribution >= 4 is 11.8 Å². The van der Waals surface area contributed by atoms with Crippen LogP contribution in [0.25, 0.3) is 0 Å². The zero-order chi connectivity index (χ0) is 23.3. The SMILES string of the molecule is CC1=CC[C@H]2CN(C(=O)c3c(O)c(=O)c(C(=O)NCc4c(F)cc(F)cc4F)cn32)[C@H]1C. The molecule has 2 bridgehead atoms. The number of carbonyl (C=O) groups is 2. The predicted octanol–water partition coefficient (Wildman–Crippen LogP) is 2.64. The lowest BCUT2D eigenvalue weighted by atomic mass is 10.1. The summed E-state index contributed by atoms with van der Waals surface area (Å²) >= 11 is 0. The van der Waals surface area contributed by atoms with Crippen LogP contribution in [0.15, 0.2) is 34.8 Å². The molecule has 2 aliphatic heterocycles. The van der Waals surface area contributed by atoms with Gasteiger partial charge in [0.2, 0.25) is 5.43 Å². The van der Waals surface area contributed by atoms with Crippen LogP contribution in [0.4, 0.5) is 13.2 Å². The Morgan fingerprint density at radius 1 is 1.22 bits per heavy atom. The van der Waals surface area contributed by atoms with Crippen LogP contribution in [-0.4, -0.2) is 39.0 Å². The molecular weight excluding hydrogens is 427 g/mol. The number of amides is 2. The Labute approximate surface area is 180 Å². The molecule has 2 aromatic rings. The fourth-order valence-corrected chi connectivity index (χ4v) is 4.08. The summed E-state index contributed by atoms with van der Waals surface area (Å²) in [6, 6.07) is 0.431. The van der Waals surface area contributed by atoms with Gasteiger partial charge in [-0.25, -0.2) is 13.2 Å². The van der Waals surface area contributed by atoms with Gasteiger partial charge in [0.15, 0.2) is 11.4 Å². The van der Waals surface area contributed by atoms with E-state index in [4.69, 9.17) is 0 Å². The smallest absolute Gasteiger partial charge is 0.275 e. The first kappa shape index (κ1) is 21.7. The van der Waals surface area contributed by atoms with Crippen molar-refractivity contribution < 1.29 is 27.9 Å². The molecule has 10 heteroatoms. The Kier molecular flexibility index (Phi) is 5.31. The third-order valence-electron chi connectivity index (χ3n) is 6.09. The summed E-state index contributed by atoms with van der Waals surface area (Å²) in [5.74, 6) is -5.86. The highest BCUT2D eigenvalue weighted by Crippen LogP contribution is 2.33. The van der Waals surface area contributed by atoms with E-state index < -0.39 is 58.1 Å². The number of nitrogens with zero attached hydrogens (tertiary/aromatic N) is 2. The number of benzene rings is 1. The largest absolute Gasteiger partial charge is 0.503 e. The number of aromatic hydroxyl groups is 1. The van der Waals surface area contributed by atoms with E-state index in [1.54, 1.807) is 4.90 Å². The number of nitrogens with one attached hydrogen (secondary N) is 1. The normalized spacial score (nSPS) is 19.8. The maximum atomic E-state index is 13.8. The van der Waals surface area contributed by atoms with Crippen LogP contribution in [0.1, 0.15) is 52.7 Å². The van der Waals surface area contributed by atoms with Crippen molar-refractivity contribution in [3.05, 3.63) is 74.5 Å². The molecular formula is C22H20F3N3O4. The Balaban J connectivity index is 1.69. The van der Waals surface area contributed by atoms with Gasteiger partial charge in [0, 0.05) is 37.0 Å². The van der Waals surface area contributed by atoms with Gasteiger partial charge in [-0.1, -0.05) is 11.6 Å². The van der Waals surface area contributed by atoms with Gasteiger partial charge in [-0.2, -0.15) is 0 Å². The van der Waals surface area contributed by atoms with Crippen LogP contribution in [0.5, 0.6) is 5.75 Å². The average Bonchev–Trinajstić information content (AvgIpc) is 2.85. The summed E-state index contributed by atoms with van der Waals surface area (Å²) in [4.78, 5) is 39.8. The number of rotatable bonds is 3. The van der Waals surface area contributed by atoms with E-state index in [0.29, 0.717) is 25.1 Å². The van der Waals surface area contributed by atoms with E-state index in [0.717, 1.165) is 5.57 Å². The lowest BCUT2D eigenvalue weighted by Gasteiger charge is -2.37. The van der Waals surface area contributed by atoms with E-state index in [1.165, 1.54) is 10.8 Å². The van der Waals surface area contributed by atoms with E-state index in [1.807, 2.05) is 19.9 Å². The number of allylic oxidation sites excluding steroid dienone is 1. The molecule has 1 aromatic carbocycles. The van der Waals surface area contributed by atoms with Crippen molar-refractivity contribution in [1.82, 2.24) is 14.8 Å². The standard InChI is InChI=1S/C22H20F3N3O4/c1-10-3-4-13-8-27(11(10)2)22(32)18-20(30)19(29)15(9-28(13)18)21(31)26-7-14-16(24)5-12(23)6-17(14)25/h3,5-6,9,11,13,30H,4,7-8H2,1-2H3,(H,26,31)/t11-,13-/m0/s1. The molecule has 2 amide bonds. The maximum absolute atomic E-state index is 13.8. The number of carbonyl (C=O) groups excluding carboxylic acids is 2. The van der Waals surface area contributed by atoms with E-state index in [-0.39, 0.29) is 17.8 Å². The van der Waals surface area contributed by atoms with Crippen molar-refractivity contribution in [3.8, 4) is 5.75 Å². The molecule has 0 radical (unpaired) electrons. The minimum atomic E-state index is -1.19. The van der Waals surface area contributed by atoms with Gasteiger partial charge in [-0.3, -0.25) is 14.4 Å². The summed E-state index contributed by atoms with van der Waals surface area (Å²) in [5, 5.41) is 12.7. The number of pyridine rings is 1. The van der Waals surface area contributed by atoms with Crippen molar-refractivity contribution in [3.63, 3.8) is 0 Å². The van der Waals surface area contributed by atoms with Gasteiger partial charge >= 0.3 is 0 Å². The first-order chi connectivity index (χ1) is 15.1. The number of hydrogen-bond acceptors (Lipinski definition) is 4. The Morgan fingerprint density at radius 2 is 1.88 bits per heavy atom. The van der Waals surface area contributed by atoms with Crippen LogP contribution in [0, 0.1) is 17.5 Å². The first-order valence-corrected chi connectivity index (χ1v) is 9.97. The molecule has 0 saturated heterocycles. The van der Waals surface area contributed by atoms with Crippen molar-refractivity contribution in [1.29, 1.82) is 0 Å². The molecule has 2 atom stereocenters. The van der Waals surface area contributed by atoms with E-state index >= 15 is 0 Å². The summed E-state index contributed by atoms with van der Waals surface area (Å²) < 4.78 is 42.1. The molecule has 7 nitrogen and oxygen atoms in total. The van der Waals surface area contributed by atoms with Crippen molar-refractivity contribution in [2.45, 2.75) is 38.9 Å². The molecule has 0 aliphatic carbocycles. The molecule has 2 aliphatic rings. The van der Waals surface area contributed by atoms with Crippen molar-refractivity contribution in [2.24, 2.45) is 0 Å². The average molecular weight is 447 g/mol. The van der Waals surface area contributed by atoms with E-state index in [9.17, 15) is 32.7 Å². The Morgan fingerprint density at radius 3 is 2.53 bits per heavy atom. The number of hydrogen-bond donors (Lipinski definition) is 2. The maximum Gasteiger partial charge on any atom is 0.275 e. The predicted molar refractivity (Wildman–Crippen MR) is 108 cm³/mol. The number of aromatic nitrogens is 1. The molecule has 168 valence electrons. The summed E-state index contributed by atoms with van der Waals surface area (Å²) in [5.41, 5.74) is -1.36. The molecule has 0 spiro atoms. The fraction of sp³-hybridized carbons (Fsp3) is 0.318. The monoisotopic (exact) mass is 447 g/mol. The Hall–Kier alpha value is -3.56. The zero-order valence-corrected chi connectivity index (χ0v) is 17.3. The molecule has 3 heterocycles. The highest BCUT2D eigenvalue weighted by Gasteiger charge is 2.38. The highest BCUT2D eigenvalue weighted by molar-refractivity contribution is 5.99. The van der Waals surface area contributed by atoms with Crippen LogP contribution in [-0.2, 0) is 6.54 Å². The van der Waals surface area contributed by atoms with Crippen molar-refractivity contribution in [2.75, 3.05) is 6.54 Å². The van der Waals surface area contributed by atoms with Gasteiger partial charge < -0.3 is 19.9 Å². The summed E-state index contributed by atoms with van der Waals surface area (Å²) in [6.07, 6.45) is 3.66. The highest BCUT2D eigenvalue weighted by atomic mass is 19.1. The minimum absolute atomic E-state index is 0.201. The van der Waals surface area contributed by atoms with Gasteiger partial charge in [-0.15, -0.1) is 0 Å². The summed E-state index contributed by atoms with van der Waals surface area (Å²) in [6.45, 7) is 3.43. The third kappa shape index (κ3) is 3.45. The molecule has 0 unspecified atom stereocenters. The number of fused-ring (bicyclic) bond motifs is 4. The quantitative estimate of drug-likeness (QED) is 0.708. The fourth-order valence-electron chi connectivity index (χ4n) is 4.08. The molecule has 2 N–H and O–H groups in total. The zero-order valence-electron chi connectivity index (χ0n) is 17.3. The lowest BCUT2D eigenvalue weighted by molar-refractivity contribution is 0.0622. The molecule has 1 aromatic heterocycles. The van der Waals surface area contributed by atoms with Gasteiger partial charge in [0.05, 0.1) is 12.1 Å².